The summed E-state index contributed by atoms with van der Waals surface area (Å²) in [7, 11) is 1.50. The van der Waals surface area contributed by atoms with Gasteiger partial charge in [-0.3, -0.25) is 0 Å². The first kappa shape index (κ1) is 14.2. The number of anilines is 1. The van der Waals surface area contributed by atoms with E-state index in [0.717, 1.165) is 24.1 Å². The van der Waals surface area contributed by atoms with Gasteiger partial charge < -0.3 is 10.1 Å². The van der Waals surface area contributed by atoms with Crippen molar-refractivity contribution < 1.29 is 9.13 Å². The second-order valence-corrected chi connectivity index (χ2v) is 4.36. The van der Waals surface area contributed by atoms with E-state index in [-0.39, 0.29) is 11.8 Å². The van der Waals surface area contributed by atoms with Crippen LogP contribution in [0.5, 0.6) is 6.01 Å². The average molecular weight is 276 g/mol. The lowest BCUT2D eigenvalue weighted by atomic mass is 10.1. The van der Waals surface area contributed by atoms with E-state index in [2.05, 4.69) is 27.2 Å². The first-order valence-corrected chi connectivity index (χ1v) is 6.44. The number of halogens is 1. The molecule has 0 aliphatic rings. The SMILES string of the molecule is CCCNc1nc(OC)nc(-c2ccc(F)cc2C)n1. The summed E-state index contributed by atoms with van der Waals surface area (Å²) < 4.78 is 18.2. The fourth-order valence-electron chi connectivity index (χ4n) is 1.76. The third-order valence-corrected chi connectivity index (χ3v) is 2.76. The van der Waals surface area contributed by atoms with E-state index in [1.165, 1.54) is 19.2 Å². The van der Waals surface area contributed by atoms with Crippen molar-refractivity contribution in [3.8, 4) is 17.4 Å². The van der Waals surface area contributed by atoms with Gasteiger partial charge >= 0.3 is 6.01 Å². The van der Waals surface area contributed by atoms with E-state index < -0.39 is 0 Å². The van der Waals surface area contributed by atoms with Gasteiger partial charge in [0.1, 0.15) is 5.82 Å². The zero-order chi connectivity index (χ0) is 14.5. The van der Waals surface area contributed by atoms with Gasteiger partial charge in [0.25, 0.3) is 0 Å². The molecule has 0 aliphatic heterocycles. The van der Waals surface area contributed by atoms with Crippen LogP contribution in [0.2, 0.25) is 0 Å². The lowest BCUT2D eigenvalue weighted by molar-refractivity contribution is 0.379. The highest BCUT2D eigenvalue weighted by molar-refractivity contribution is 5.61. The molecule has 0 aliphatic carbocycles. The van der Waals surface area contributed by atoms with Gasteiger partial charge in [-0.1, -0.05) is 6.92 Å². The zero-order valence-corrected chi connectivity index (χ0v) is 11.8. The predicted molar refractivity (Wildman–Crippen MR) is 75.3 cm³/mol. The van der Waals surface area contributed by atoms with Crippen LogP contribution in [0.1, 0.15) is 18.9 Å². The number of benzene rings is 1. The molecule has 0 unspecified atom stereocenters. The Morgan fingerprint density at radius 1 is 1.25 bits per heavy atom. The second kappa shape index (κ2) is 6.27. The van der Waals surface area contributed by atoms with Crippen LogP contribution in [0.3, 0.4) is 0 Å². The molecule has 0 fully saturated rings. The van der Waals surface area contributed by atoms with Crippen molar-refractivity contribution in [3.63, 3.8) is 0 Å². The normalized spacial score (nSPS) is 10.4. The predicted octanol–water partition coefficient (Wildman–Crippen LogP) is 2.82. The fourth-order valence-corrected chi connectivity index (χ4v) is 1.76. The van der Waals surface area contributed by atoms with Gasteiger partial charge in [0, 0.05) is 12.1 Å². The summed E-state index contributed by atoms with van der Waals surface area (Å²) >= 11 is 0. The molecule has 0 atom stereocenters. The Morgan fingerprint density at radius 3 is 2.70 bits per heavy atom. The molecular formula is C14H17FN4O. The standard InChI is InChI=1S/C14H17FN4O/c1-4-7-16-13-17-12(18-14(19-13)20-3)11-6-5-10(15)8-9(11)2/h5-6,8H,4,7H2,1-3H3,(H,16,17,18,19). The van der Waals surface area contributed by atoms with Crippen LogP contribution in [-0.2, 0) is 0 Å². The Morgan fingerprint density at radius 2 is 2.05 bits per heavy atom. The maximum absolute atomic E-state index is 13.2. The monoisotopic (exact) mass is 276 g/mol. The van der Waals surface area contributed by atoms with Crippen molar-refractivity contribution in [1.82, 2.24) is 15.0 Å². The average Bonchev–Trinajstić information content (AvgIpc) is 2.44. The van der Waals surface area contributed by atoms with Crippen molar-refractivity contribution in [3.05, 3.63) is 29.6 Å². The zero-order valence-electron chi connectivity index (χ0n) is 11.8. The number of rotatable bonds is 5. The largest absolute Gasteiger partial charge is 0.467 e. The van der Waals surface area contributed by atoms with Crippen LogP contribution >= 0.6 is 0 Å². The Hall–Kier alpha value is -2.24. The number of ether oxygens (including phenoxy) is 1. The van der Waals surface area contributed by atoms with Crippen LogP contribution in [-0.4, -0.2) is 28.6 Å². The van der Waals surface area contributed by atoms with Gasteiger partial charge in [-0.05, 0) is 37.1 Å². The lowest BCUT2D eigenvalue weighted by Crippen LogP contribution is -2.08. The molecule has 6 heteroatoms. The van der Waals surface area contributed by atoms with Crippen molar-refractivity contribution >= 4 is 5.95 Å². The van der Waals surface area contributed by atoms with E-state index in [1.54, 1.807) is 6.07 Å². The lowest BCUT2D eigenvalue weighted by Gasteiger charge is -2.09. The van der Waals surface area contributed by atoms with E-state index in [1.807, 2.05) is 6.92 Å². The minimum atomic E-state index is -0.281. The number of hydrogen-bond acceptors (Lipinski definition) is 5. The van der Waals surface area contributed by atoms with Crippen LogP contribution in [0.4, 0.5) is 10.3 Å². The van der Waals surface area contributed by atoms with Crippen molar-refractivity contribution in [2.75, 3.05) is 19.0 Å². The minimum Gasteiger partial charge on any atom is -0.467 e. The van der Waals surface area contributed by atoms with Crippen molar-refractivity contribution in [1.29, 1.82) is 0 Å². The fraction of sp³-hybridized carbons (Fsp3) is 0.357. The van der Waals surface area contributed by atoms with Crippen molar-refractivity contribution in [2.24, 2.45) is 0 Å². The molecule has 20 heavy (non-hydrogen) atoms. The Bertz CT molecular complexity index is 604. The molecule has 1 heterocycles. The molecule has 0 saturated carbocycles. The molecule has 0 spiro atoms. The molecule has 1 aromatic heterocycles. The number of aromatic nitrogens is 3. The Balaban J connectivity index is 2.44. The molecule has 0 radical (unpaired) electrons. The summed E-state index contributed by atoms with van der Waals surface area (Å²) in [5, 5.41) is 3.09. The Kier molecular flexibility index (Phi) is 4.45. The van der Waals surface area contributed by atoms with Gasteiger partial charge in [0.05, 0.1) is 7.11 Å². The molecule has 5 nitrogen and oxygen atoms in total. The van der Waals surface area contributed by atoms with E-state index in [0.29, 0.717) is 11.8 Å². The first-order chi connectivity index (χ1) is 9.63. The number of nitrogens with one attached hydrogen (secondary N) is 1. The smallest absolute Gasteiger partial charge is 0.321 e. The topological polar surface area (TPSA) is 59.9 Å². The van der Waals surface area contributed by atoms with Crippen LogP contribution < -0.4 is 10.1 Å². The molecule has 0 amide bonds. The van der Waals surface area contributed by atoms with Crippen LogP contribution in [0, 0.1) is 12.7 Å². The molecule has 2 rings (SSSR count). The van der Waals surface area contributed by atoms with Gasteiger partial charge in [-0.15, -0.1) is 0 Å². The quantitative estimate of drug-likeness (QED) is 0.910. The summed E-state index contributed by atoms with van der Waals surface area (Å²) in [4.78, 5) is 12.7. The summed E-state index contributed by atoms with van der Waals surface area (Å²) in [5.41, 5.74) is 1.52. The molecule has 106 valence electrons. The maximum atomic E-state index is 13.2. The summed E-state index contributed by atoms with van der Waals surface area (Å²) in [6.45, 7) is 4.62. The number of hydrogen-bond donors (Lipinski definition) is 1. The number of methoxy groups -OCH3 is 1. The van der Waals surface area contributed by atoms with Gasteiger partial charge in [-0.2, -0.15) is 15.0 Å². The van der Waals surface area contributed by atoms with Crippen LogP contribution in [0.15, 0.2) is 18.2 Å². The van der Waals surface area contributed by atoms with E-state index in [9.17, 15) is 4.39 Å². The van der Waals surface area contributed by atoms with Gasteiger partial charge in [0.2, 0.25) is 5.95 Å². The highest BCUT2D eigenvalue weighted by Gasteiger charge is 2.11. The summed E-state index contributed by atoms with van der Waals surface area (Å²) in [6.07, 6.45) is 0.957. The molecule has 2 aromatic rings. The number of nitrogens with zero attached hydrogens (tertiary/aromatic N) is 3. The summed E-state index contributed by atoms with van der Waals surface area (Å²) in [6, 6.07) is 4.73. The molecular weight excluding hydrogens is 259 g/mol. The number of aryl methyl sites for hydroxylation is 1. The second-order valence-electron chi connectivity index (χ2n) is 4.36. The first-order valence-electron chi connectivity index (χ1n) is 6.44. The molecule has 1 N–H and O–H groups in total. The Labute approximate surface area is 117 Å². The van der Waals surface area contributed by atoms with Crippen molar-refractivity contribution in [2.45, 2.75) is 20.3 Å². The highest BCUT2D eigenvalue weighted by atomic mass is 19.1. The third kappa shape index (κ3) is 3.20. The highest BCUT2D eigenvalue weighted by Crippen LogP contribution is 2.23. The summed E-state index contributed by atoms with van der Waals surface area (Å²) in [5.74, 6) is 0.641. The maximum Gasteiger partial charge on any atom is 0.321 e. The van der Waals surface area contributed by atoms with Gasteiger partial charge in [-0.25, -0.2) is 4.39 Å². The van der Waals surface area contributed by atoms with E-state index in [4.69, 9.17) is 4.74 Å². The third-order valence-electron chi connectivity index (χ3n) is 2.76. The van der Waals surface area contributed by atoms with Gasteiger partial charge in [0.15, 0.2) is 5.82 Å². The van der Waals surface area contributed by atoms with E-state index >= 15 is 0 Å². The molecule has 0 bridgehead atoms. The van der Waals surface area contributed by atoms with Crippen LogP contribution in [0.25, 0.3) is 11.4 Å². The molecule has 1 aromatic carbocycles. The molecule has 0 saturated heterocycles. The minimum absolute atomic E-state index is 0.234.